The smallest absolute Gasteiger partial charge is 0.406 e. The van der Waals surface area contributed by atoms with Crippen LogP contribution in [0.5, 0.6) is 5.75 Å². The third kappa shape index (κ3) is 3.15. The molecule has 2 aliphatic rings. The van der Waals surface area contributed by atoms with Crippen LogP contribution in [0.25, 0.3) is 0 Å². The van der Waals surface area contributed by atoms with Gasteiger partial charge in [0.2, 0.25) is 0 Å². The lowest BCUT2D eigenvalue weighted by Gasteiger charge is -2.61. The van der Waals surface area contributed by atoms with Crippen molar-refractivity contribution in [3.63, 3.8) is 0 Å². The highest BCUT2D eigenvalue weighted by Crippen LogP contribution is 2.44. The third-order valence-electron chi connectivity index (χ3n) is 4.90. The lowest BCUT2D eigenvalue weighted by atomic mass is 9.72. The lowest BCUT2D eigenvalue weighted by molar-refractivity contribution is -0.274. The van der Waals surface area contributed by atoms with Gasteiger partial charge < -0.3 is 14.5 Å². The topological polar surface area (TPSA) is 39.5 Å². The Morgan fingerprint density at radius 2 is 1.31 bits per heavy atom. The summed E-state index contributed by atoms with van der Waals surface area (Å²) in [6.07, 6.45) is -4.66. The lowest BCUT2D eigenvalue weighted by Crippen LogP contribution is -2.72. The standard InChI is InChI=1S/C19H16F3N3O/c20-19(21,22)26-17-7-5-16(6-8-17)25-12-18(13-25)10-24(11-18)15-3-1-14(9-23)2-4-15/h1-8H,10-13H2. The van der Waals surface area contributed by atoms with Crippen LogP contribution in [0.4, 0.5) is 24.5 Å². The van der Waals surface area contributed by atoms with Crippen molar-refractivity contribution in [2.75, 3.05) is 36.0 Å². The summed E-state index contributed by atoms with van der Waals surface area (Å²) in [5.74, 6) is -0.202. The summed E-state index contributed by atoms with van der Waals surface area (Å²) in [4.78, 5) is 4.44. The molecule has 2 aromatic carbocycles. The SMILES string of the molecule is N#Cc1ccc(N2CC3(C2)CN(c2ccc(OC(F)(F)F)cc2)C3)cc1. The summed E-state index contributed by atoms with van der Waals surface area (Å²) < 4.78 is 40.5. The summed E-state index contributed by atoms with van der Waals surface area (Å²) >= 11 is 0. The molecule has 1 spiro atoms. The van der Waals surface area contributed by atoms with Gasteiger partial charge in [-0.05, 0) is 48.5 Å². The molecule has 0 amide bonds. The van der Waals surface area contributed by atoms with E-state index in [0.717, 1.165) is 37.6 Å². The van der Waals surface area contributed by atoms with E-state index in [0.29, 0.717) is 5.56 Å². The van der Waals surface area contributed by atoms with Gasteiger partial charge in [0, 0.05) is 43.0 Å². The predicted octanol–water partition coefficient (Wildman–Crippen LogP) is 3.78. The molecule has 4 nitrogen and oxygen atoms in total. The molecule has 7 heteroatoms. The van der Waals surface area contributed by atoms with E-state index in [9.17, 15) is 13.2 Å². The second-order valence-electron chi connectivity index (χ2n) is 6.91. The molecule has 0 bridgehead atoms. The molecule has 0 aliphatic carbocycles. The highest BCUT2D eigenvalue weighted by molar-refractivity contribution is 5.57. The van der Waals surface area contributed by atoms with Crippen LogP contribution < -0.4 is 14.5 Å². The summed E-state index contributed by atoms with van der Waals surface area (Å²) in [5, 5.41) is 8.85. The average molecular weight is 359 g/mol. The van der Waals surface area contributed by atoms with Crippen molar-refractivity contribution >= 4 is 11.4 Å². The number of alkyl halides is 3. The van der Waals surface area contributed by atoms with E-state index in [1.807, 2.05) is 24.3 Å². The highest BCUT2D eigenvalue weighted by atomic mass is 19.4. The van der Waals surface area contributed by atoms with Crippen LogP contribution in [0.2, 0.25) is 0 Å². The van der Waals surface area contributed by atoms with E-state index < -0.39 is 6.36 Å². The second kappa shape index (κ2) is 5.84. The average Bonchev–Trinajstić information content (AvgIpc) is 2.53. The van der Waals surface area contributed by atoms with Gasteiger partial charge in [-0.2, -0.15) is 5.26 Å². The Labute approximate surface area is 149 Å². The van der Waals surface area contributed by atoms with Crippen LogP contribution in [0.3, 0.4) is 0 Å². The quantitative estimate of drug-likeness (QED) is 0.836. The first-order valence-corrected chi connectivity index (χ1v) is 8.22. The van der Waals surface area contributed by atoms with Crippen molar-refractivity contribution in [1.29, 1.82) is 5.26 Å². The Bertz CT molecular complexity index is 826. The van der Waals surface area contributed by atoms with Gasteiger partial charge in [-0.25, -0.2) is 0 Å². The number of hydrogen-bond donors (Lipinski definition) is 0. The van der Waals surface area contributed by atoms with E-state index >= 15 is 0 Å². The summed E-state index contributed by atoms with van der Waals surface area (Å²) in [7, 11) is 0. The number of ether oxygens (including phenoxy) is 1. The molecule has 4 rings (SSSR count). The first-order valence-electron chi connectivity index (χ1n) is 8.22. The zero-order valence-electron chi connectivity index (χ0n) is 13.8. The van der Waals surface area contributed by atoms with Gasteiger partial charge in [-0.15, -0.1) is 13.2 Å². The van der Waals surface area contributed by atoms with E-state index in [1.54, 1.807) is 12.1 Å². The van der Waals surface area contributed by atoms with Crippen LogP contribution >= 0.6 is 0 Å². The number of nitriles is 1. The van der Waals surface area contributed by atoms with Gasteiger partial charge in [0.15, 0.2) is 0 Å². The summed E-state index contributed by atoms with van der Waals surface area (Å²) in [6, 6.07) is 15.7. The van der Waals surface area contributed by atoms with Crippen LogP contribution in [-0.2, 0) is 0 Å². The predicted molar refractivity (Wildman–Crippen MR) is 91.1 cm³/mol. The van der Waals surface area contributed by atoms with Crippen molar-refractivity contribution in [3.05, 3.63) is 54.1 Å². The van der Waals surface area contributed by atoms with Gasteiger partial charge >= 0.3 is 6.36 Å². The van der Waals surface area contributed by atoms with E-state index in [2.05, 4.69) is 20.6 Å². The fourth-order valence-corrected chi connectivity index (χ4v) is 3.70. The Morgan fingerprint density at radius 3 is 1.73 bits per heavy atom. The Morgan fingerprint density at radius 1 is 0.846 bits per heavy atom. The van der Waals surface area contributed by atoms with Crippen LogP contribution in [-0.4, -0.2) is 32.5 Å². The number of rotatable bonds is 3. The van der Waals surface area contributed by atoms with Crippen molar-refractivity contribution in [1.82, 2.24) is 0 Å². The van der Waals surface area contributed by atoms with Crippen LogP contribution in [0, 0.1) is 16.7 Å². The second-order valence-corrected chi connectivity index (χ2v) is 6.91. The minimum atomic E-state index is -4.66. The monoisotopic (exact) mass is 359 g/mol. The molecule has 0 radical (unpaired) electrons. The minimum Gasteiger partial charge on any atom is -0.406 e. The van der Waals surface area contributed by atoms with E-state index in [-0.39, 0.29) is 11.2 Å². The number of nitrogens with zero attached hydrogens (tertiary/aromatic N) is 3. The van der Waals surface area contributed by atoms with Crippen LogP contribution in [0.15, 0.2) is 48.5 Å². The molecule has 2 saturated heterocycles. The number of halogens is 3. The first-order chi connectivity index (χ1) is 12.4. The molecule has 0 saturated carbocycles. The molecular formula is C19H16F3N3O. The molecule has 0 N–H and O–H groups in total. The van der Waals surface area contributed by atoms with Crippen LogP contribution in [0.1, 0.15) is 5.56 Å². The third-order valence-corrected chi connectivity index (χ3v) is 4.90. The van der Waals surface area contributed by atoms with Gasteiger partial charge in [0.05, 0.1) is 11.6 Å². The maximum Gasteiger partial charge on any atom is 0.573 e. The van der Waals surface area contributed by atoms with Crippen molar-refractivity contribution < 1.29 is 17.9 Å². The molecule has 2 heterocycles. The number of anilines is 2. The van der Waals surface area contributed by atoms with E-state index in [1.165, 1.54) is 12.1 Å². The molecule has 26 heavy (non-hydrogen) atoms. The molecule has 2 aliphatic heterocycles. The molecular weight excluding hydrogens is 343 g/mol. The molecule has 0 atom stereocenters. The zero-order valence-corrected chi connectivity index (χ0v) is 13.8. The summed E-state index contributed by atoms with van der Waals surface area (Å²) in [5.41, 5.74) is 2.91. The maximum atomic E-state index is 12.2. The fourth-order valence-electron chi connectivity index (χ4n) is 3.70. The minimum absolute atomic E-state index is 0.202. The molecule has 2 aromatic rings. The van der Waals surface area contributed by atoms with Gasteiger partial charge in [0.25, 0.3) is 0 Å². The molecule has 0 unspecified atom stereocenters. The first kappa shape index (κ1) is 16.6. The zero-order chi connectivity index (χ0) is 18.4. The number of hydrogen-bond acceptors (Lipinski definition) is 4. The highest BCUT2D eigenvalue weighted by Gasteiger charge is 2.51. The van der Waals surface area contributed by atoms with Gasteiger partial charge in [-0.3, -0.25) is 0 Å². The normalized spacial score (nSPS) is 18.1. The van der Waals surface area contributed by atoms with Crippen molar-refractivity contribution in [3.8, 4) is 11.8 Å². The van der Waals surface area contributed by atoms with Crippen molar-refractivity contribution in [2.24, 2.45) is 5.41 Å². The van der Waals surface area contributed by atoms with E-state index in [4.69, 9.17) is 5.26 Å². The Balaban J connectivity index is 1.31. The van der Waals surface area contributed by atoms with Gasteiger partial charge in [0.1, 0.15) is 5.75 Å². The number of benzene rings is 2. The maximum absolute atomic E-state index is 12.2. The Kier molecular flexibility index (Phi) is 3.72. The molecule has 2 fully saturated rings. The summed E-state index contributed by atoms with van der Waals surface area (Å²) in [6.45, 7) is 3.67. The molecule has 134 valence electrons. The molecule has 0 aromatic heterocycles. The fraction of sp³-hybridized carbons (Fsp3) is 0.316. The largest absolute Gasteiger partial charge is 0.573 e. The van der Waals surface area contributed by atoms with Crippen molar-refractivity contribution in [2.45, 2.75) is 6.36 Å². The van der Waals surface area contributed by atoms with Gasteiger partial charge in [-0.1, -0.05) is 0 Å². The Hall–Kier alpha value is -2.88.